The summed E-state index contributed by atoms with van der Waals surface area (Å²) in [7, 11) is 0. The molecule has 1 unspecified atom stereocenters. The average Bonchev–Trinajstić information content (AvgIpc) is 2.78. The number of rotatable bonds is 3. The maximum Gasteiger partial charge on any atom is 0.206 e. The van der Waals surface area contributed by atoms with Crippen LogP contribution < -0.4 is 5.32 Å². The number of nitrogens with one attached hydrogen (secondary N) is 1. The van der Waals surface area contributed by atoms with Gasteiger partial charge in [-0.15, -0.1) is 10.2 Å². The van der Waals surface area contributed by atoms with Crippen molar-refractivity contribution in [2.24, 2.45) is 0 Å². The Morgan fingerprint density at radius 3 is 2.33 bits per heavy atom. The molecule has 0 fully saturated rings. The van der Waals surface area contributed by atoms with E-state index in [0.29, 0.717) is 0 Å². The minimum atomic E-state index is 0.0631. The van der Waals surface area contributed by atoms with Crippen LogP contribution in [0.2, 0.25) is 0 Å². The SMILES string of the molecule is CC(Nc1nnc(C(C)(C)C)s1)c1ccccc1. The maximum absolute atomic E-state index is 4.24. The zero-order valence-corrected chi connectivity index (χ0v) is 12.1. The zero-order chi connectivity index (χ0) is 13.2. The van der Waals surface area contributed by atoms with E-state index >= 15 is 0 Å². The van der Waals surface area contributed by atoms with Crippen LogP contribution in [0.4, 0.5) is 5.13 Å². The van der Waals surface area contributed by atoms with Crippen LogP contribution in [0, 0.1) is 0 Å². The second kappa shape index (κ2) is 5.06. The molecule has 96 valence electrons. The Labute approximate surface area is 112 Å². The first-order chi connectivity index (χ1) is 8.47. The van der Waals surface area contributed by atoms with Gasteiger partial charge in [0.1, 0.15) is 5.01 Å². The van der Waals surface area contributed by atoms with Gasteiger partial charge in [0, 0.05) is 5.41 Å². The van der Waals surface area contributed by atoms with Crippen LogP contribution in [-0.2, 0) is 5.41 Å². The Morgan fingerprint density at radius 2 is 1.78 bits per heavy atom. The Bertz CT molecular complexity index is 499. The van der Waals surface area contributed by atoms with Gasteiger partial charge in [-0.3, -0.25) is 0 Å². The Hall–Kier alpha value is -1.42. The second-order valence-corrected chi connectivity index (χ2v) is 6.42. The molecule has 0 aliphatic rings. The predicted octanol–water partition coefficient (Wildman–Crippen LogP) is 4.01. The lowest BCUT2D eigenvalue weighted by molar-refractivity contribution is 0.578. The predicted molar refractivity (Wildman–Crippen MR) is 77.1 cm³/mol. The largest absolute Gasteiger partial charge is 0.354 e. The molecule has 0 spiro atoms. The molecule has 2 aromatic rings. The van der Waals surface area contributed by atoms with E-state index in [1.165, 1.54) is 5.56 Å². The molecule has 1 N–H and O–H groups in total. The summed E-state index contributed by atoms with van der Waals surface area (Å²) in [4.78, 5) is 0. The normalized spacial score (nSPS) is 13.3. The van der Waals surface area contributed by atoms with Gasteiger partial charge in [-0.05, 0) is 12.5 Å². The van der Waals surface area contributed by atoms with Crippen molar-refractivity contribution < 1.29 is 0 Å². The third-order valence-electron chi connectivity index (χ3n) is 2.71. The first kappa shape index (κ1) is 13.0. The summed E-state index contributed by atoms with van der Waals surface area (Å²) in [5.74, 6) is 0. The third kappa shape index (κ3) is 3.07. The molecule has 1 atom stereocenters. The van der Waals surface area contributed by atoms with E-state index in [1.54, 1.807) is 11.3 Å². The smallest absolute Gasteiger partial charge is 0.206 e. The van der Waals surface area contributed by atoms with E-state index < -0.39 is 0 Å². The summed E-state index contributed by atoms with van der Waals surface area (Å²) in [5, 5.41) is 13.8. The highest BCUT2D eigenvalue weighted by atomic mass is 32.1. The van der Waals surface area contributed by atoms with Gasteiger partial charge in [0.25, 0.3) is 0 Å². The maximum atomic E-state index is 4.24. The van der Waals surface area contributed by atoms with Gasteiger partial charge in [-0.1, -0.05) is 62.4 Å². The first-order valence-electron chi connectivity index (χ1n) is 6.12. The topological polar surface area (TPSA) is 37.8 Å². The highest BCUT2D eigenvalue weighted by Crippen LogP contribution is 2.29. The zero-order valence-electron chi connectivity index (χ0n) is 11.3. The summed E-state index contributed by atoms with van der Waals surface area (Å²) < 4.78 is 0. The van der Waals surface area contributed by atoms with Gasteiger partial charge in [0.05, 0.1) is 6.04 Å². The van der Waals surface area contributed by atoms with Gasteiger partial charge in [0.15, 0.2) is 0 Å². The molecule has 0 bridgehead atoms. The highest BCUT2D eigenvalue weighted by molar-refractivity contribution is 7.15. The van der Waals surface area contributed by atoms with Crippen LogP contribution in [0.25, 0.3) is 0 Å². The average molecular weight is 261 g/mol. The number of benzene rings is 1. The Morgan fingerprint density at radius 1 is 1.11 bits per heavy atom. The number of aromatic nitrogens is 2. The van der Waals surface area contributed by atoms with Crippen LogP contribution >= 0.6 is 11.3 Å². The van der Waals surface area contributed by atoms with E-state index in [2.05, 4.69) is 55.3 Å². The summed E-state index contributed by atoms with van der Waals surface area (Å²) in [6.07, 6.45) is 0. The number of hydrogen-bond donors (Lipinski definition) is 1. The van der Waals surface area contributed by atoms with E-state index in [-0.39, 0.29) is 11.5 Å². The van der Waals surface area contributed by atoms with Crippen molar-refractivity contribution in [2.75, 3.05) is 5.32 Å². The molecule has 2 rings (SSSR count). The van der Waals surface area contributed by atoms with Crippen molar-refractivity contribution in [1.82, 2.24) is 10.2 Å². The molecular weight excluding hydrogens is 242 g/mol. The van der Waals surface area contributed by atoms with Crippen LogP contribution in [0.5, 0.6) is 0 Å². The summed E-state index contributed by atoms with van der Waals surface area (Å²) in [6, 6.07) is 10.6. The molecule has 1 heterocycles. The molecule has 0 saturated carbocycles. The van der Waals surface area contributed by atoms with E-state index in [4.69, 9.17) is 0 Å². The Balaban J connectivity index is 2.08. The standard InChI is InChI=1S/C14H19N3S/c1-10(11-8-6-5-7-9-11)15-13-17-16-12(18-13)14(2,3)4/h5-10H,1-4H3,(H,15,17). The highest BCUT2D eigenvalue weighted by Gasteiger charge is 2.19. The van der Waals surface area contributed by atoms with Crippen LogP contribution in [0.1, 0.15) is 44.3 Å². The fraction of sp³-hybridized carbons (Fsp3) is 0.429. The molecule has 0 amide bonds. The van der Waals surface area contributed by atoms with E-state index in [1.807, 2.05) is 18.2 Å². The summed E-state index contributed by atoms with van der Waals surface area (Å²) in [6.45, 7) is 8.58. The summed E-state index contributed by atoms with van der Waals surface area (Å²) in [5.41, 5.74) is 1.32. The van der Waals surface area contributed by atoms with Crippen molar-refractivity contribution in [1.29, 1.82) is 0 Å². The van der Waals surface area contributed by atoms with Crippen molar-refractivity contribution in [2.45, 2.75) is 39.2 Å². The lowest BCUT2D eigenvalue weighted by Crippen LogP contribution is -2.10. The van der Waals surface area contributed by atoms with E-state index in [0.717, 1.165) is 10.1 Å². The molecule has 1 aromatic heterocycles. The number of hydrogen-bond acceptors (Lipinski definition) is 4. The Kier molecular flexibility index (Phi) is 3.66. The van der Waals surface area contributed by atoms with Gasteiger partial charge in [-0.2, -0.15) is 0 Å². The molecule has 0 saturated heterocycles. The van der Waals surface area contributed by atoms with Crippen molar-refractivity contribution >= 4 is 16.5 Å². The van der Waals surface area contributed by atoms with E-state index in [9.17, 15) is 0 Å². The van der Waals surface area contributed by atoms with Crippen LogP contribution in [0.3, 0.4) is 0 Å². The molecule has 0 aliphatic carbocycles. The van der Waals surface area contributed by atoms with Gasteiger partial charge in [0.2, 0.25) is 5.13 Å². The van der Waals surface area contributed by atoms with Crippen LogP contribution in [-0.4, -0.2) is 10.2 Å². The second-order valence-electron chi connectivity index (χ2n) is 5.44. The summed E-state index contributed by atoms with van der Waals surface area (Å²) >= 11 is 1.63. The van der Waals surface area contributed by atoms with Crippen molar-refractivity contribution in [3.8, 4) is 0 Å². The fourth-order valence-corrected chi connectivity index (χ4v) is 2.48. The van der Waals surface area contributed by atoms with Gasteiger partial charge in [-0.25, -0.2) is 0 Å². The number of nitrogens with zero attached hydrogens (tertiary/aromatic N) is 2. The molecule has 0 aliphatic heterocycles. The minimum absolute atomic E-state index is 0.0631. The lowest BCUT2D eigenvalue weighted by Gasteiger charge is -2.13. The monoisotopic (exact) mass is 261 g/mol. The molecule has 1 aromatic carbocycles. The van der Waals surface area contributed by atoms with Crippen LogP contribution in [0.15, 0.2) is 30.3 Å². The van der Waals surface area contributed by atoms with Gasteiger partial charge < -0.3 is 5.32 Å². The molecule has 18 heavy (non-hydrogen) atoms. The van der Waals surface area contributed by atoms with Crippen molar-refractivity contribution in [3.05, 3.63) is 40.9 Å². The molecule has 0 radical (unpaired) electrons. The molecular formula is C14H19N3S. The number of anilines is 1. The first-order valence-corrected chi connectivity index (χ1v) is 6.94. The third-order valence-corrected chi connectivity index (χ3v) is 3.99. The minimum Gasteiger partial charge on any atom is -0.354 e. The quantitative estimate of drug-likeness (QED) is 0.907. The van der Waals surface area contributed by atoms with Crippen molar-refractivity contribution in [3.63, 3.8) is 0 Å². The molecule has 4 heteroatoms. The lowest BCUT2D eigenvalue weighted by atomic mass is 9.98. The molecule has 3 nitrogen and oxygen atoms in total. The van der Waals surface area contributed by atoms with Gasteiger partial charge >= 0.3 is 0 Å². The fourth-order valence-electron chi connectivity index (χ4n) is 1.59.